The Balaban J connectivity index is 2.33. The second-order valence-electron chi connectivity index (χ2n) is 3.40. The van der Waals surface area contributed by atoms with Crippen LogP contribution in [0.2, 0.25) is 0 Å². The highest BCUT2D eigenvalue weighted by Gasteiger charge is 2.20. The molecule has 1 aliphatic rings. The monoisotopic (exact) mass is 232 g/mol. The molecule has 1 heterocycles. The quantitative estimate of drug-likeness (QED) is 0.551. The summed E-state index contributed by atoms with van der Waals surface area (Å²) < 4.78 is 1.19. The maximum atomic E-state index is 4.64. The molecule has 0 aliphatic carbocycles. The van der Waals surface area contributed by atoms with Crippen LogP contribution in [0.3, 0.4) is 0 Å². The molecular formula is C9H16N2OS2. The minimum atomic E-state index is 0.422. The van der Waals surface area contributed by atoms with Crippen molar-refractivity contribution in [1.82, 2.24) is 0 Å². The lowest BCUT2D eigenvalue weighted by Gasteiger charge is -1.99. The highest BCUT2D eigenvalue weighted by Crippen LogP contribution is 2.32. The van der Waals surface area contributed by atoms with E-state index in [4.69, 9.17) is 0 Å². The average molecular weight is 232 g/mol. The number of hydrogen-bond acceptors (Lipinski definition) is 5. The predicted molar refractivity (Wildman–Crippen MR) is 66.5 cm³/mol. The van der Waals surface area contributed by atoms with Gasteiger partial charge in [-0.3, -0.25) is 4.99 Å². The van der Waals surface area contributed by atoms with Gasteiger partial charge in [0, 0.05) is 12.3 Å². The molecule has 0 radical (unpaired) electrons. The molecule has 1 saturated heterocycles. The lowest BCUT2D eigenvalue weighted by molar-refractivity contribution is 0.215. The molecule has 1 rings (SSSR count). The first kappa shape index (κ1) is 11.9. The standard InChI is InChI=1S/C9H16N2OS2/c1-7(2)4-10-9-13-6-8(14-9)5-11-12-3/h5,7-8H,4,6H2,1-3H3/b10-9?,11-5+. The van der Waals surface area contributed by atoms with Crippen LogP contribution in [-0.4, -0.2) is 35.2 Å². The Labute approximate surface area is 93.8 Å². The van der Waals surface area contributed by atoms with Crippen LogP contribution in [-0.2, 0) is 4.84 Å². The van der Waals surface area contributed by atoms with Crippen molar-refractivity contribution in [1.29, 1.82) is 0 Å². The Hall–Kier alpha value is -0.160. The molecule has 0 aromatic carbocycles. The van der Waals surface area contributed by atoms with Gasteiger partial charge in [0.15, 0.2) is 0 Å². The van der Waals surface area contributed by atoms with Crippen LogP contribution >= 0.6 is 23.5 Å². The molecule has 1 fully saturated rings. The molecule has 14 heavy (non-hydrogen) atoms. The maximum absolute atomic E-state index is 4.64. The lowest BCUT2D eigenvalue weighted by atomic mass is 10.2. The molecule has 80 valence electrons. The summed E-state index contributed by atoms with van der Waals surface area (Å²) in [4.78, 5) is 9.17. The molecule has 1 unspecified atom stereocenters. The number of aliphatic imine (C=N–C) groups is 1. The van der Waals surface area contributed by atoms with Crippen LogP contribution < -0.4 is 0 Å². The summed E-state index contributed by atoms with van der Waals surface area (Å²) in [5.74, 6) is 1.68. The SMILES string of the molecule is CO/N=C/C1CSC(=NCC(C)C)S1. The number of nitrogens with zero attached hydrogens (tertiary/aromatic N) is 2. The van der Waals surface area contributed by atoms with Gasteiger partial charge < -0.3 is 4.84 Å². The molecular weight excluding hydrogens is 216 g/mol. The molecule has 5 heteroatoms. The molecule has 0 N–H and O–H groups in total. The molecule has 1 atom stereocenters. The average Bonchev–Trinajstić information content (AvgIpc) is 2.59. The van der Waals surface area contributed by atoms with Gasteiger partial charge in [-0.1, -0.05) is 42.5 Å². The molecule has 0 bridgehead atoms. The third-order valence-electron chi connectivity index (χ3n) is 1.54. The normalized spacial score (nSPS) is 25.4. The van der Waals surface area contributed by atoms with Crippen LogP contribution in [0.5, 0.6) is 0 Å². The summed E-state index contributed by atoms with van der Waals surface area (Å²) in [6, 6.07) is 0. The van der Waals surface area contributed by atoms with Gasteiger partial charge in [-0.15, -0.1) is 0 Å². The lowest BCUT2D eigenvalue weighted by Crippen LogP contribution is -2.02. The Morgan fingerprint density at radius 2 is 2.43 bits per heavy atom. The Morgan fingerprint density at radius 1 is 1.64 bits per heavy atom. The molecule has 0 spiro atoms. The Bertz CT molecular complexity index is 229. The van der Waals surface area contributed by atoms with Crippen LogP contribution in [0.4, 0.5) is 0 Å². The maximum Gasteiger partial charge on any atom is 0.125 e. The van der Waals surface area contributed by atoms with E-state index in [-0.39, 0.29) is 0 Å². The first-order valence-electron chi connectivity index (χ1n) is 4.63. The Morgan fingerprint density at radius 3 is 3.07 bits per heavy atom. The molecule has 0 saturated carbocycles. The number of thioether (sulfide) groups is 2. The first-order valence-corrected chi connectivity index (χ1v) is 6.49. The van der Waals surface area contributed by atoms with E-state index in [1.54, 1.807) is 18.9 Å². The van der Waals surface area contributed by atoms with Gasteiger partial charge in [0.05, 0.1) is 11.5 Å². The van der Waals surface area contributed by atoms with Crippen LogP contribution in [0.25, 0.3) is 0 Å². The van der Waals surface area contributed by atoms with Crippen molar-refractivity contribution in [3.05, 3.63) is 0 Å². The van der Waals surface area contributed by atoms with Crippen molar-refractivity contribution in [2.75, 3.05) is 19.4 Å². The molecule has 3 nitrogen and oxygen atoms in total. The van der Waals surface area contributed by atoms with Gasteiger partial charge in [0.2, 0.25) is 0 Å². The van der Waals surface area contributed by atoms with E-state index in [1.165, 1.54) is 4.38 Å². The predicted octanol–water partition coefficient (Wildman–Crippen LogP) is 2.48. The fourth-order valence-corrected chi connectivity index (χ4v) is 3.29. The second kappa shape index (κ2) is 6.35. The summed E-state index contributed by atoms with van der Waals surface area (Å²) in [5.41, 5.74) is 0. The number of hydrogen-bond donors (Lipinski definition) is 0. The highest BCUT2D eigenvalue weighted by molar-refractivity contribution is 8.42. The summed E-state index contributed by atoms with van der Waals surface area (Å²) >= 11 is 3.59. The third kappa shape index (κ3) is 4.37. The van der Waals surface area contributed by atoms with E-state index in [0.717, 1.165) is 12.3 Å². The third-order valence-corrected chi connectivity index (χ3v) is 4.22. The van der Waals surface area contributed by atoms with E-state index in [0.29, 0.717) is 11.2 Å². The van der Waals surface area contributed by atoms with E-state index in [1.807, 2.05) is 18.0 Å². The summed E-state index contributed by atoms with van der Waals surface area (Å²) in [7, 11) is 1.57. The van der Waals surface area contributed by atoms with Gasteiger partial charge >= 0.3 is 0 Å². The second-order valence-corrected chi connectivity index (χ2v) is 5.90. The van der Waals surface area contributed by atoms with E-state index < -0.39 is 0 Å². The minimum Gasteiger partial charge on any atom is -0.399 e. The van der Waals surface area contributed by atoms with Crippen molar-refractivity contribution < 1.29 is 4.84 Å². The highest BCUT2D eigenvalue weighted by atomic mass is 32.2. The van der Waals surface area contributed by atoms with Crippen LogP contribution in [0.1, 0.15) is 13.8 Å². The topological polar surface area (TPSA) is 34.0 Å². The molecule has 0 aromatic heterocycles. The van der Waals surface area contributed by atoms with Crippen molar-refractivity contribution in [3.63, 3.8) is 0 Å². The largest absolute Gasteiger partial charge is 0.399 e. The zero-order chi connectivity index (χ0) is 10.4. The van der Waals surface area contributed by atoms with E-state index in [9.17, 15) is 0 Å². The smallest absolute Gasteiger partial charge is 0.125 e. The van der Waals surface area contributed by atoms with Gasteiger partial charge in [-0.05, 0) is 5.92 Å². The summed E-state index contributed by atoms with van der Waals surface area (Å²) in [5, 5.41) is 4.19. The van der Waals surface area contributed by atoms with Gasteiger partial charge in [0.25, 0.3) is 0 Å². The van der Waals surface area contributed by atoms with Gasteiger partial charge in [0.1, 0.15) is 11.5 Å². The van der Waals surface area contributed by atoms with E-state index in [2.05, 4.69) is 28.8 Å². The number of oxime groups is 1. The zero-order valence-electron chi connectivity index (χ0n) is 8.77. The molecule has 0 aromatic rings. The van der Waals surface area contributed by atoms with Crippen molar-refractivity contribution in [3.8, 4) is 0 Å². The molecule has 1 aliphatic heterocycles. The minimum absolute atomic E-state index is 0.422. The fourth-order valence-electron chi connectivity index (χ4n) is 0.893. The Kier molecular flexibility index (Phi) is 5.40. The van der Waals surface area contributed by atoms with Crippen molar-refractivity contribution in [2.24, 2.45) is 16.1 Å². The number of rotatable bonds is 4. The fraction of sp³-hybridized carbons (Fsp3) is 0.778. The zero-order valence-corrected chi connectivity index (χ0v) is 10.4. The van der Waals surface area contributed by atoms with Crippen molar-refractivity contribution in [2.45, 2.75) is 19.1 Å². The summed E-state index contributed by atoms with van der Waals surface area (Å²) in [6.07, 6.45) is 1.84. The summed E-state index contributed by atoms with van der Waals surface area (Å²) in [6.45, 7) is 5.28. The first-order chi connectivity index (χ1) is 6.72. The van der Waals surface area contributed by atoms with Crippen molar-refractivity contribution >= 4 is 34.1 Å². The van der Waals surface area contributed by atoms with Gasteiger partial charge in [-0.25, -0.2) is 0 Å². The van der Waals surface area contributed by atoms with Gasteiger partial charge in [-0.2, -0.15) is 0 Å². The molecule has 0 amide bonds. The van der Waals surface area contributed by atoms with Crippen LogP contribution in [0, 0.1) is 5.92 Å². The van der Waals surface area contributed by atoms with Crippen LogP contribution in [0.15, 0.2) is 10.1 Å². The van der Waals surface area contributed by atoms with E-state index >= 15 is 0 Å².